The zero-order chi connectivity index (χ0) is 17.8. The Hall–Kier alpha value is -0.860. The Morgan fingerprint density at radius 2 is 1.23 bits per heavy atom. The van der Waals surface area contributed by atoms with E-state index in [0.29, 0.717) is 0 Å². The van der Waals surface area contributed by atoms with E-state index in [-0.39, 0.29) is 0 Å². The number of halogens is 10. The molecule has 1 atom stereocenters. The van der Waals surface area contributed by atoms with Crippen molar-refractivity contribution in [2.75, 3.05) is 19.8 Å². The normalized spacial score (nSPS) is 16.0. The molecule has 14 heteroatoms. The van der Waals surface area contributed by atoms with E-state index in [2.05, 4.69) is 14.2 Å². The summed E-state index contributed by atoms with van der Waals surface area (Å²) < 4.78 is 130. The molecule has 0 aromatic heterocycles. The van der Waals surface area contributed by atoms with Gasteiger partial charge in [0.25, 0.3) is 0 Å². The fourth-order valence-corrected chi connectivity index (χ4v) is 0.787. The van der Waals surface area contributed by atoms with E-state index in [1.165, 1.54) is 0 Å². The van der Waals surface area contributed by atoms with Crippen molar-refractivity contribution >= 4 is 0 Å². The molecule has 0 radical (unpaired) electrons. The van der Waals surface area contributed by atoms with Crippen LogP contribution in [0.1, 0.15) is 0 Å². The van der Waals surface area contributed by atoms with Gasteiger partial charge in [0.1, 0.15) is 6.61 Å². The number of aliphatic hydroxyl groups is 1. The van der Waals surface area contributed by atoms with Gasteiger partial charge in [-0.25, -0.2) is 0 Å². The topological polar surface area (TPSA) is 47.9 Å². The van der Waals surface area contributed by atoms with Crippen LogP contribution in [0.3, 0.4) is 0 Å². The molecule has 0 rings (SSSR count). The van der Waals surface area contributed by atoms with Crippen LogP contribution in [0.5, 0.6) is 0 Å². The quantitative estimate of drug-likeness (QED) is 0.536. The van der Waals surface area contributed by atoms with Crippen molar-refractivity contribution in [2.24, 2.45) is 0 Å². The minimum atomic E-state index is -6.28. The molecular weight excluding hydrogens is 350 g/mol. The third-order valence-electron chi connectivity index (χ3n) is 1.74. The van der Waals surface area contributed by atoms with E-state index in [4.69, 9.17) is 5.11 Å². The summed E-state index contributed by atoms with van der Waals surface area (Å²) in [5.41, 5.74) is 0. The van der Waals surface area contributed by atoms with Crippen LogP contribution >= 0.6 is 0 Å². The first kappa shape index (κ1) is 21.1. The lowest BCUT2D eigenvalue weighted by Gasteiger charge is -2.27. The SMILES string of the molecule is OCCOC(COC(F)(F)C(F)(F)F)OC(F)(F)C(F)(F)F. The second kappa shape index (κ2) is 7.14. The monoisotopic (exact) mass is 358 g/mol. The van der Waals surface area contributed by atoms with Gasteiger partial charge in [-0.2, -0.15) is 43.9 Å². The maximum atomic E-state index is 12.5. The predicted molar refractivity (Wildman–Crippen MR) is 45.9 cm³/mol. The van der Waals surface area contributed by atoms with Crippen molar-refractivity contribution in [3.05, 3.63) is 0 Å². The first-order chi connectivity index (χ1) is 9.64. The smallest absolute Gasteiger partial charge is 0.394 e. The largest absolute Gasteiger partial charge is 0.483 e. The Balaban J connectivity index is 4.87. The van der Waals surface area contributed by atoms with E-state index in [0.717, 1.165) is 0 Å². The molecule has 1 unspecified atom stereocenters. The van der Waals surface area contributed by atoms with Crippen LogP contribution < -0.4 is 0 Å². The summed E-state index contributed by atoms with van der Waals surface area (Å²) in [6.07, 6.45) is -27.2. The van der Waals surface area contributed by atoms with Gasteiger partial charge in [0.2, 0.25) is 0 Å². The summed E-state index contributed by atoms with van der Waals surface area (Å²) in [4.78, 5) is 0. The Morgan fingerprint density at radius 1 is 0.773 bits per heavy atom. The average Bonchev–Trinajstić information content (AvgIpc) is 2.29. The molecular formula is C8H8F10O4. The number of rotatable bonds is 8. The zero-order valence-electron chi connectivity index (χ0n) is 10.2. The minimum Gasteiger partial charge on any atom is -0.394 e. The molecule has 0 saturated carbocycles. The molecule has 22 heavy (non-hydrogen) atoms. The summed E-state index contributed by atoms with van der Waals surface area (Å²) in [6, 6.07) is 0. The van der Waals surface area contributed by atoms with Crippen molar-refractivity contribution in [2.45, 2.75) is 30.9 Å². The first-order valence-corrected chi connectivity index (χ1v) is 5.07. The van der Waals surface area contributed by atoms with Crippen LogP contribution in [0.25, 0.3) is 0 Å². The zero-order valence-corrected chi connectivity index (χ0v) is 10.2. The highest BCUT2D eigenvalue weighted by molar-refractivity contribution is 4.68. The molecule has 0 fully saturated rings. The number of ether oxygens (including phenoxy) is 3. The Bertz CT molecular complexity index is 339. The van der Waals surface area contributed by atoms with E-state index >= 15 is 0 Å². The third-order valence-corrected chi connectivity index (χ3v) is 1.74. The molecule has 4 nitrogen and oxygen atoms in total. The second-order valence-electron chi connectivity index (χ2n) is 3.48. The van der Waals surface area contributed by atoms with Crippen LogP contribution in [0, 0.1) is 0 Å². The van der Waals surface area contributed by atoms with Crippen molar-refractivity contribution in [3.63, 3.8) is 0 Å². The highest BCUT2D eigenvalue weighted by atomic mass is 19.4. The Morgan fingerprint density at radius 3 is 1.59 bits per heavy atom. The highest BCUT2D eigenvalue weighted by Crippen LogP contribution is 2.39. The third kappa shape index (κ3) is 6.10. The molecule has 0 heterocycles. The first-order valence-electron chi connectivity index (χ1n) is 5.07. The van der Waals surface area contributed by atoms with Gasteiger partial charge < -0.3 is 14.6 Å². The van der Waals surface area contributed by atoms with Gasteiger partial charge in [-0.05, 0) is 0 Å². The average molecular weight is 358 g/mol. The second-order valence-corrected chi connectivity index (χ2v) is 3.48. The maximum absolute atomic E-state index is 12.5. The molecule has 0 aromatic rings. The van der Waals surface area contributed by atoms with Gasteiger partial charge in [0.05, 0.1) is 13.2 Å². The molecule has 0 aliphatic carbocycles. The summed E-state index contributed by atoms with van der Waals surface area (Å²) in [7, 11) is 0. The minimum absolute atomic E-state index is 0.965. The van der Waals surface area contributed by atoms with Crippen molar-refractivity contribution in [1.82, 2.24) is 0 Å². The van der Waals surface area contributed by atoms with E-state index in [1.807, 2.05) is 0 Å². The highest BCUT2D eigenvalue weighted by Gasteiger charge is 2.62. The summed E-state index contributed by atoms with van der Waals surface area (Å²) in [5.74, 6) is 0. The number of hydrogen-bond acceptors (Lipinski definition) is 4. The number of hydrogen-bond donors (Lipinski definition) is 1. The van der Waals surface area contributed by atoms with Crippen LogP contribution in [0.15, 0.2) is 0 Å². The number of aliphatic hydroxyl groups excluding tert-OH is 1. The van der Waals surface area contributed by atoms with Crippen molar-refractivity contribution < 1.29 is 63.2 Å². The molecule has 0 aromatic carbocycles. The van der Waals surface area contributed by atoms with Crippen LogP contribution in [-0.2, 0) is 14.2 Å². The summed E-state index contributed by atoms with van der Waals surface area (Å²) in [6.45, 7) is -4.06. The Kier molecular flexibility index (Phi) is 6.86. The molecule has 0 amide bonds. The predicted octanol–water partition coefficient (Wildman–Crippen LogP) is 2.66. The van der Waals surface area contributed by atoms with Crippen LogP contribution in [0.4, 0.5) is 43.9 Å². The van der Waals surface area contributed by atoms with Gasteiger partial charge in [0.15, 0.2) is 6.29 Å². The molecule has 0 saturated heterocycles. The maximum Gasteiger partial charge on any atom is 0.483 e. The van der Waals surface area contributed by atoms with Gasteiger partial charge in [-0.3, -0.25) is 4.74 Å². The fourth-order valence-electron chi connectivity index (χ4n) is 0.787. The van der Waals surface area contributed by atoms with Crippen molar-refractivity contribution in [3.8, 4) is 0 Å². The fraction of sp³-hybridized carbons (Fsp3) is 1.00. The lowest BCUT2D eigenvalue weighted by Crippen LogP contribution is -2.46. The number of alkyl halides is 10. The van der Waals surface area contributed by atoms with Gasteiger partial charge in [-0.15, -0.1) is 0 Å². The summed E-state index contributed by atoms with van der Waals surface area (Å²) >= 11 is 0. The van der Waals surface area contributed by atoms with Gasteiger partial charge >= 0.3 is 24.6 Å². The Labute approximate surface area is 115 Å². The van der Waals surface area contributed by atoms with E-state index < -0.39 is 50.7 Å². The van der Waals surface area contributed by atoms with Crippen LogP contribution in [-0.4, -0.2) is 55.8 Å². The standard InChI is InChI=1S/C8H8F10O4/c9-5(10,11)7(15,16)21-3-4(20-2-1-19)22-8(17,18)6(12,13)14/h4,19H,1-3H2. The molecule has 1 N–H and O–H groups in total. The lowest BCUT2D eigenvalue weighted by molar-refractivity contribution is -0.442. The summed E-state index contributed by atoms with van der Waals surface area (Å²) in [5, 5.41) is 8.27. The van der Waals surface area contributed by atoms with Crippen molar-refractivity contribution in [1.29, 1.82) is 0 Å². The van der Waals surface area contributed by atoms with Gasteiger partial charge in [0, 0.05) is 0 Å². The molecule has 0 aliphatic rings. The molecule has 134 valence electrons. The van der Waals surface area contributed by atoms with E-state index in [1.54, 1.807) is 0 Å². The lowest BCUT2D eigenvalue weighted by atomic mass is 10.5. The van der Waals surface area contributed by atoms with E-state index in [9.17, 15) is 43.9 Å². The van der Waals surface area contributed by atoms with Crippen LogP contribution in [0.2, 0.25) is 0 Å². The molecule has 0 bridgehead atoms. The van der Waals surface area contributed by atoms with Gasteiger partial charge in [-0.1, -0.05) is 0 Å². The molecule has 0 aliphatic heterocycles. The molecule has 0 spiro atoms.